The maximum absolute atomic E-state index is 13.8. The van der Waals surface area contributed by atoms with E-state index in [1.807, 2.05) is 0 Å². The Hall–Kier alpha value is -0.960. The lowest BCUT2D eigenvalue weighted by Gasteiger charge is -2.25. The second-order valence-corrected chi connectivity index (χ2v) is 6.84. The molecule has 1 aromatic carbocycles. The molecule has 3 heteroatoms. The van der Waals surface area contributed by atoms with Gasteiger partial charge in [-0.3, -0.25) is 0 Å². The van der Waals surface area contributed by atoms with Crippen LogP contribution in [0.4, 0.5) is 8.78 Å². The van der Waals surface area contributed by atoms with Gasteiger partial charge in [0.05, 0.1) is 0 Å². The van der Waals surface area contributed by atoms with Crippen molar-refractivity contribution in [2.24, 2.45) is 5.41 Å². The van der Waals surface area contributed by atoms with Crippen LogP contribution >= 0.6 is 0 Å². The molecule has 0 atom stereocenters. The Morgan fingerprint density at radius 2 is 1.85 bits per heavy atom. The van der Waals surface area contributed by atoms with Crippen molar-refractivity contribution in [1.29, 1.82) is 0 Å². The van der Waals surface area contributed by atoms with Gasteiger partial charge in [0.25, 0.3) is 0 Å². The standard InChI is InChI=1S/C17H25F2N/c1-12-10-16(19)13(11-15(12)18)6-7-17(2,3)8-9-20-14-4-5-14/h10-11,14,20H,4-9H2,1-3H3. The molecule has 1 saturated carbocycles. The smallest absolute Gasteiger partial charge is 0.126 e. The van der Waals surface area contributed by atoms with Crippen LogP contribution < -0.4 is 5.32 Å². The third kappa shape index (κ3) is 4.55. The Morgan fingerprint density at radius 1 is 1.15 bits per heavy atom. The fourth-order valence-corrected chi connectivity index (χ4v) is 2.38. The van der Waals surface area contributed by atoms with E-state index in [9.17, 15) is 8.78 Å². The van der Waals surface area contributed by atoms with Gasteiger partial charge >= 0.3 is 0 Å². The summed E-state index contributed by atoms with van der Waals surface area (Å²) in [6.07, 6.45) is 5.14. The van der Waals surface area contributed by atoms with Gasteiger partial charge in [0, 0.05) is 6.04 Å². The zero-order valence-corrected chi connectivity index (χ0v) is 12.7. The molecule has 20 heavy (non-hydrogen) atoms. The topological polar surface area (TPSA) is 12.0 Å². The molecule has 0 amide bonds. The summed E-state index contributed by atoms with van der Waals surface area (Å²) in [7, 11) is 0. The Kier molecular flexibility index (Phi) is 4.79. The first kappa shape index (κ1) is 15.4. The second kappa shape index (κ2) is 6.21. The Balaban J connectivity index is 1.84. The first-order chi connectivity index (χ1) is 9.37. The fraction of sp³-hybridized carbons (Fsp3) is 0.647. The van der Waals surface area contributed by atoms with Crippen molar-refractivity contribution in [2.45, 2.75) is 58.9 Å². The maximum atomic E-state index is 13.8. The summed E-state index contributed by atoms with van der Waals surface area (Å²) < 4.78 is 27.3. The molecular formula is C17H25F2N. The summed E-state index contributed by atoms with van der Waals surface area (Å²) in [5.41, 5.74) is 1.02. The van der Waals surface area contributed by atoms with E-state index in [-0.39, 0.29) is 17.0 Å². The van der Waals surface area contributed by atoms with E-state index in [1.165, 1.54) is 25.0 Å². The van der Waals surface area contributed by atoms with E-state index in [1.54, 1.807) is 6.92 Å². The number of aryl methyl sites for hydroxylation is 2. The van der Waals surface area contributed by atoms with Gasteiger partial charge < -0.3 is 5.32 Å². The summed E-state index contributed by atoms with van der Waals surface area (Å²) in [5, 5.41) is 3.50. The van der Waals surface area contributed by atoms with Gasteiger partial charge in [-0.15, -0.1) is 0 Å². The van der Waals surface area contributed by atoms with Gasteiger partial charge in [0.15, 0.2) is 0 Å². The predicted octanol–water partition coefficient (Wildman–Crippen LogP) is 4.37. The fourth-order valence-electron chi connectivity index (χ4n) is 2.38. The highest BCUT2D eigenvalue weighted by molar-refractivity contribution is 5.25. The third-order valence-corrected chi connectivity index (χ3v) is 4.21. The van der Waals surface area contributed by atoms with Gasteiger partial charge in [0.1, 0.15) is 11.6 Å². The zero-order chi connectivity index (χ0) is 14.8. The van der Waals surface area contributed by atoms with Crippen molar-refractivity contribution in [2.75, 3.05) is 6.54 Å². The number of hydrogen-bond donors (Lipinski definition) is 1. The third-order valence-electron chi connectivity index (χ3n) is 4.21. The maximum Gasteiger partial charge on any atom is 0.126 e. The summed E-state index contributed by atoms with van der Waals surface area (Å²) in [6.45, 7) is 7.01. The van der Waals surface area contributed by atoms with Crippen LogP contribution in [-0.4, -0.2) is 12.6 Å². The first-order valence-electron chi connectivity index (χ1n) is 7.55. The van der Waals surface area contributed by atoms with Gasteiger partial charge in [-0.05, 0) is 74.2 Å². The minimum Gasteiger partial charge on any atom is -0.314 e. The molecule has 1 N–H and O–H groups in total. The molecule has 0 radical (unpaired) electrons. The highest BCUT2D eigenvalue weighted by Gasteiger charge is 2.23. The van der Waals surface area contributed by atoms with E-state index in [0.717, 1.165) is 25.4 Å². The number of halogens is 2. The normalized spacial score (nSPS) is 15.7. The Morgan fingerprint density at radius 3 is 2.50 bits per heavy atom. The highest BCUT2D eigenvalue weighted by atomic mass is 19.1. The van der Waals surface area contributed by atoms with Crippen molar-refractivity contribution >= 4 is 0 Å². The zero-order valence-electron chi connectivity index (χ0n) is 12.7. The van der Waals surface area contributed by atoms with Crippen molar-refractivity contribution < 1.29 is 8.78 Å². The van der Waals surface area contributed by atoms with E-state index in [0.29, 0.717) is 17.5 Å². The van der Waals surface area contributed by atoms with Crippen LogP contribution in [0.1, 0.15) is 50.7 Å². The molecule has 0 saturated heterocycles. The monoisotopic (exact) mass is 281 g/mol. The van der Waals surface area contributed by atoms with Crippen LogP contribution in [0.15, 0.2) is 12.1 Å². The molecule has 0 aliphatic heterocycles. The molecule has 0 unspecified atom stereocenters. The number of benzene rings is 1. The molecule has 2 rings (SSSR count). The Labute approximate surface area is 120 Å². The molecule has 0 heterocycles. The van der Waals surface area contributed by atoms with E-state index < -0.39 is 0 Å². The number of hydrogen-bond acceptors (Lipinski definition) is 1. The lowest BCUT2D eigenvalue weighted by Crippen LogP contribution is -2.24. The molecule has 1 aliphatic rings. The lowest BCUT2D eigenvalue weighted by atomic mass is 9.83. The SMILES string of the molecule is Cc1cc(F)c(CCC(C)(C)CCNC2CC2)cc1F. The van der Waals surface area contributed by atoms with Crippen molar-refractivity contribution in [3.63, 3.8) is 0 Å². The molecule has 1 nitrogen and oxygen atoms in total. The van der Waals surface area contributed by atoms with Crippen LogP contribution in [0.3, 0.4) is 0 Å². The van der Waals surface area contributed by atoms with E-state index in [4.69, 9.17) is 0 Å². The molecule has 0 aromatic heterocycles. The van der Waals surface area contributed by atoms with E-state index in [2.05, 4.69) is 19.2 Å². The minimum absolute atomic E-state index is 0.149. The summed E-state index contributed by atoms with van der Waals surface area (Å²) in [6, 6.07) is 3.38. The first-order valence-corrected chi connectivity index (χ1v) is 7.55. The van der Waals surface area contributed by atoms with Gasteiger partial charge in [-0.2, -0.15) is 0 Å². The van der Waals surface area contributed by atoms with Crippen LogP contribution in [-0.2, 0) is 6.42 Å². The van der Waals surface area contributed by atoms with Crippen LogP contribution in [0.2, 0.25) is 0 Å². The van der Waals surface area contributed by atoms with Crippen molar-refractivity contribution in [3.05, 3.63) is 34.9 Å². The van der Waals surface area contributed by atoms with Gasteiger partial charge in [-0.1, -0.05) is 13.8 Å². The lowest BCUT2D eigenvalue weighted by molar-refractivity contribution is 0.300. The summed E-state index contributed by atoms with van der Waals surface area (Å²) >= 11 is 0. The predicted molar refractivity (Wildman–Crippen MR) is 78.8 cm³/mol. The van der Waals surface area contributed by atoms with Crippen LogP contribution in [0.5, 0.6) is 0 Å². The second-order valence-electron chi connectivity index (χ2n) is 6.84. The van der Waals surface area contributed by atoms with Crippen molar-refractivity contribution in [3.8, 4) is 0 Å². The van der Waals surface area contributed by atoms with Gasteiger partial charge in [0.2, 0.25) is 0 Å². The number of nitrogens with one attached hydrogen (secondary N) is 1. The van der Waals surface area contributed by atoms with Crippen LogP contribution in [0.25, 0.3) is 0 Å². The van der Waals surface area contributed by atoms with Crippen LogP contribution in [0, 0.1) is 24.0 Å². The summed E-state index contributed by atoms with van der Waals surface area (Å²) in [4.78, 5) is 0. The average molecular weight is 281 g/mol. The Bertz CT molecular complexity index is 464. The average Bonchev–Trinajstić information content (AvgIpc) is 3.16. The van der Waals surface area contributed by atoms with Crippen molar-refractivity contribution in [1.82, 2.24) is 5.32 Å². The molecule has 1 aromatic rings. The molecule has 0 bridgehead atoms. The van der Waals surface area contributed by atoms with E-state index >= 15 is 0 Å². The molecule has 112 valence electrons. The molecule has 1 aliphatic carbocycles. The quantitative estimate of drug-likeness (QED) is 0.782. The minimum atomic E-state index is -0.311. The summed E-state index contributed by atoms with van der Waals surface area (Å²) in [5.74, 6) is -0.592. The van der Waals surface area contributed by atoms with Gasteiger partial charge in [-0.25, -0.2) is 8.78 Å². The largest absolute Gasteiger partial charge is 0.314 e. The molecular weight excluding hydrogens is 256 g/mol. The number of rotatable bonds is 7. The highest BCUT2D eigenvalue weighted by Crippen LogP contribution is 2.28. The molecule has 1 fully saturated rings. The molecule has 0 spiro atoms.